The van der Waals surface area contributed by atoms with E-state index >= 15 is 0 Å². The van der Waals surface area contributed by atoms with Gasteiger partial charge in [0.25, 0.3) is 5.91 Å². The smallest absolute Gasteiger partial charge is 0.270 e. The molecule has 0 atom stereocenters. The lowest BCUT2D eigenvalue weighted by Gasteiger charge is -2.10. The third-order valence-corrected chi connectivity index (χ3v) is 3.20. The molecule has 24 heavy (non-hydrogen) atoms. The van der Waals surface area contributed by atoms with E-state index in [-0.39, 0.29) is 5.91 Å². The summed E-state index contributed by atoms with van der Waals surface area (Å²) in [5.74, 6) is 0.0796. The fraction of sp³-hybridized carbons (Fsp3) is 0.294. The van der Waals surface area contributed by atoms with E-state index in [9.17, 15) is 4.79 Å². The second-order valence-electron chi connectivity index (χ2n) is 5.50. The van der Waals surface area contributed by atoms with Gasteiger partial charge < -0.3 is 15.5 Å². The Morgan fingerprint density at radius 1 is 1.33 bits per heavy atom. The van der Waals surface area contributed by atoms with Gasteiger partial charge in [-0.2, -0.15) is 5.26 Å². The molecule has 0 saturated heterocycles. The van der Waals surface area contributed by atoms with E-state index < -0.39 is 0 Å². The summed E-state index contributed by atoms with van der Waals surface area (Å²) in [5.41, 5.74) is 1.53. The Hall–Kier alpha value is -2.98. The summed E-state index contributed by atoms with van der Waals surface area (Å²) < 4.78 is 0. The van der Waals surface area contributed by atoms with Crippen LogP contribution in [0.1, 0.15) is 22.5 Å². The van der Waals surface area contributed by atoms with Gasteiger partial charge in [0.2, 0.25) is 5.95 Å². The van der Waals surface area contributed by atoms with Gasteiger partial charge in [-0.1, -0.05) is 6.07 Å². The van der Waals surface area contributed by atoms with Crippen molar-refractivity contribution >= 4 is 17.5 Å². The van der Waals surface area contributed by atoms with Crippen molar-refractivity contribution < 1.29 is 4.79 Å². The lowest BCUT2D eigenvalue weighted by Crippen LogP contribution is -2.28. The van der Waals surface area contributed by atoms with Crippen LogP contribution in [0.5, 0.6) is 0 Å². The maximum absolute atomic E-state index is 12.1. The van der Waals surface area contributed by atoms with E-state index in [0.717, 1.165) is 13.0 Å². The van der Waals surface area contributed by atoms with Gasteiger partial charge in [-0.25, -0.2) is 9.97 Å². The molecule has 2 rings (SSSR count). The normalized spacial score (nSPS) is 10.2. The van der Waals surface area contributed by atoms with E-state index in [1.54, 1.807) is 30.3 Å². The molecule has 0 bridgehead atoms. The van der Waals surface area contributed by atoms with Crippen LogP contribution in [0.2, 0.25) is 0 Å². The van der Waals surface area contributed by atoms with Gasteiger partial charge in [0.1, 0.15) is 5.69 Å². The molecule has 0 saturated carbocycles. The summed E-state index contributed by atoms with van der Waals surface area (Å²) >= 11 is 0. The first-order valence-electron chi connectivity index (χ1n) is 7.61. The zero-order chi connectivity index (χ0) is 17.4. The Labute approximate surface area is 141 Å². The Bertz CT molecular complexity index is 738. The molecule has 0 fully saturated rings. The van der Waals surface area contributed by atoms with Crippen molar-refractivity contribution in [3.8, 4) is 6.07 Å². The van der Waals surface area contributed by atoms with Crippen molar-refractivity contribution in [2.24, 2.45) is 0 Å². The van der Waals surface area contributed by atoms with E-state index in [1.165, 1.54) is 6.20 Å². The molecule has 1 aromatic carbocycles. The van der Waals surface area contributed by atoms with Crippen molar-refractivity contribution in [2.75, 3.05) is 32.5 Å². The summed E-state index contributed by atoms with van der Waals surface area (Å²) in [6, 6.07) is 10.6. The maximum atomic E-state index is 12.1. The highest BCUT2D eigenvalue weighted by atomic mass is 16.1. The highest BCUT2D eigenvalue weighted by molar-refractivity contribution is 5.92. The molecule has 1 heterocycles. The summed E-state index contributed by atoms with van der Waals surface area (Å²) in [5, 5.41) is 14.8. The Morgan fingerprint density at radius 2 is 2.17 bits per heavy atom. The number of aromatic nitrogens is 2. The van der Waals surface area contributed by atoms with Crippen molar-refractivity contribution in [2.45, 2.75) is 6.42 Å². The molecule has 0 aliphatic rings. The first-order valence-corrected chi connectivity index (χ1v) is 7.61. The lowest BCUT2D eigenvalue weighted by atomic mass is 10.2. The molecule has 7 nitrogen and oxygen atoms in total. The number of rotatable bonds is 7. The summed E-state index contributed by atoms with van der Waals surface area (Å²) in [7, 11) is 3.98. The predicted molar refractivity (Wildman–Crippen MR) is 92.0 cm³/mol. The van der Waals surface area contributed by atoms with Gasteiger partial charge in [0.05, 0.1) is 11.6 Å². The quantitative estimate of drug-likeness (QED) is 0.754. The standard InChI is InChI=1S/C17H20N6O/c1-23(2)10-4-8-19-16(24)15-7-9-20-17(22-15)21-14-6-3-5-13(11-14)12-18/h3,5-7,9,11H,4,8,10H2,1-2H3,(H,19,24)(H,20,21,22). The highest BCUT2D eigenvalue weighted by Crippen LogP contribution is 2.14. The van der Waals surface area contributed by atoms with Crippen molar-refractivity contribution in [3.63, 3.8) is 0 Å². The largest absolute Gasteiger partial charge is 0.351 e. The highest BCUT2D eigenvalue weighted by Gasteiger charge is 2.08. The molecule has 0 spiro atoms. The number of amides is 1. The van der Waals surface area contributed by atoms with Gasteiger partial charge in [-0.15, -0.1) is 0 Å². The third kappa shape index (κ3) is 5.34. The zero-order valence-corrected chi connectivity index (χ0v) is 13.8. The van der Waals surface area contributed by atoms with Crippen LogP contribution in [-0.2, 0) is 0 Å². The molecule has 2 aromatic rings. The number of hydrogen-bond donors (Lipinski definition) is 2. The lowest BCUT2D eigenvalue weighted by molar-refractivity contribution is 0.0947. The van der Waals surface area contributed by atoms with Gasteiger partial charge in [0, 0.05) is 18.4 Å². The predicted octanol–water partition coefficient (Wildman–Crippen LogP) is 1.77. The molecule has 0 aliphatic carbocycles. The summed E-state index contributed by atoms with van der Waals surface area (Å²) in [6.07, 6.45) is 2.40. The second kappa shape index (κ2) is 8.60. The van der Waals surface area contributed by atoms with E-state index in [0.29, 0.717) is 29.4 Å². The minimum absolute atomic E-state index is 0.231. The number of nitrogens with zero attached hydrogens (tertiary/aromatic N) is 4. The molecule has 7 heteroatoms. The molecule has 124 valence electrons. The minimum atomic E-state index is -0.231. The summed E-state index contributed by atoms with van der Waals surface area (Å²) in [6.45, 7) is 1.50. The van der Waals surface area contributed by atoms with Crippen LogP contribution in [0.4, 0.5) is 11.6 Å². The van der Waals surface area contributed by atoms with E-state index in [2.05, 4.69) is 31.6 Å². The molecule has 2 N–H and O–H groups in total. The maximum Gasteiger partial charge on any atom is 0.270 e. The van der Waals surface area contributed by atoms with Crippen LogP contribution in [0.15, 0.2) is 36.5 Å². The number of anilines is 2. The average Bonchev–Trinajstić information content (AvgIpc) is 2.58. The fourth-order valence-corrected chi connectivity index (χ4v) is 2.03. The molecule has 1 amide bonds. The molecule has 0 unspecified atom stereocenters. The van der Waals surface area contributed by atoms with Gasteiger partial charge in [-0.3, -0.25) is 4.79 Å². The number of hydrogen-bond acceptors (Lipinski definition) is 6. The summed E-state index contributed by atoms with van der Waals surface area (Å²) in [4.78, 5) is 22.5. The van der Waals surface area contributed by atoms with E-state index in [4.69, 9.17) is 5.26 Å². The number of nitriles is 1. The molecular weight excluding hydrogens is 304 g/mol. The van der Waals surface area contributed by atoms with Crippen LogP contribution in [0.25, 0.3) is 0 Å². The fourth-order valence-electron chi connectivity index (χ4n) is 2.03. The minimum Gasteiger partial charge on any atom is -0.351 e. The van der Waals surface area contributed by atoms with Crippen LogP contribution >= 0.6 is 0 Å². The van der Waals surface area contributed by atoms with Gasteiger partial charge in [0.15, 0.2) is 0 Å². The van der Waals surface area contributed by atoms with Crippen LogP contribution in [0.3, 0.4) is 0 Å². The van der Waals surface area contributed by atoms with Crippen LogP contribution < -0.4 is 10.6 Å². The first kappa shape index (κ1) is 17.4. The monoisotopic (exact) mass is 324 g/mol. The van der Waals surface area contributed by atoms with Crippen molar-refractivity contribution in [1.29, 1.82) is 5.26 Å². The van der Waals surface area contributed by atoms with Gasteiger partial charge in [-0.05, 0) is 51.3 Å². The van der Waals surface area contributed by atoms with Crippen LogP contribution in [0, 0.1) is 11.3 Å². The first-order chi connectivity index (χ1) is 11.6. The van der Waals surface area contributed by atoms with E-state index in [1.807, 2.05) is 14.1 Å². The average molecular weight is 324 g/mol. The number of carbonyl (C=O) groups excluding carboxylic acids is 1. The Morgan fingerprint density at radius 3 is 2.92 bits per heavy atom. The topological polar surface area (TPSA) is 93.9 Å². The van der Waals surface area contributed by atoms with Crippen molar-refractivity contribution in [3.05, 3.63) is 47.8 Å². The van der Waals surface area contributed by atoms with Gasteiger partial charge >= 0.3 is 0 Å². The van der Waals surface area contributed by atoms with Crippen LogP contribution in [-0.4, -0.2) is 48.0 Å². The SMILES string of the molecule is CN(C)CCCNC(=O)c1ccnc(Nc2cccc(C#N)c2)n1. The Kier molecular flexibility index (Phi) is 6.23. The van der Waals surface area contributed by atoms with Crippen molar-refractivity contribution in [1.82, 2.24) is 20.2 Å². The number of benzene rings is 1. The Balaban J connectivity index is 1.98. The molecule has 0 aliphatic heterocycles. The molecule has 1 aromatic heterocycles. The zero-order valence-electron chi connectivity index (χ0n) is 13.8. The molecule has 0 radical (unpaired) electrons. The number of nitrogens with one attached hydrogen (secondary N) is 2. The third-order valence-electron chi connectivity index (χ3n) is 3.20. The molecular formula is C17H20N6O. The second-order valence-corrected chi connectivity index (χ2v) is 5.50. The number of carbonyl (C=O) groups is 1.